The average Bonchev–Trinajstić information content (AvgIpc) is 2.39. The molecule has 0 atom stereocenters. The molecule has 0 fully saturated rings. The first-order valence-corrected chi connectivity index (χ1v) is 5.35. The molecule has 1 aromatic heterocycles. The molecule has 7 heteroatoms. The van der Waals surface area contributed by atoms with E-state index in [0.717, 1.165) is 0 Å². The molecule has 2 amide bonds. The van der Waals surface area contributed by atoms with Crippen molar-refractivity contribution in [1.29, 1.82) is 0 Å². The molecule has 98 valence electrons. The summed E-state index contributed by atoms with van der Waals surface area (Å²) in [6.45, 7) is -0.342. The number of carbonyl (C=O) groups is 2. The van der Waals surface area contributed by atoms with Gasteiger partial charge in [-0.15, -0.1) is 0 Å². The number of primary amides is 1. The average molecular weight is 253 g/mol. The fraction of sp³-hybridized carbons (Fsp3) is 0.364. The third-order valence-electron chi connectivity index (χ3n) is 2.30. The maximum Gasteiger partial charge on any atom is 0.269 e. The van der Waals surface area contributed by atoms with Gasteiger partial charge in [0.25, 0.3) is 11.8 Å². The number of hydrogen-bond acceptors (Lipinski definition) is 5. The van der Waals surface area contributed by atoms with Gasteiger partial charge in [0.15, 0.2) is 0 Å². The van der Waals surface area contributed by atoms with E-state index in [1.165, 1.54) is 18.2 Å². The van der Waals surface area contributed by atoms with Crippen LogP contribution in [0.4, 0.5) is 0 Å². The van der Waals surface area contributed by atoms with Gasteiger partial charge >= 0.3 is 0 Å². The van der Waals surface area contributed by atoms with Crippen molar-refractivity contribution in [3.8, 4) is 0 Å². The molecular weight excluding hydrogens is 238 g/mol. The highest BCUT2D eigenvalue weighted by atomic mass is 16.3. The van der Waals surface area contributed by atoms with E-state index in [2.05, 4.69) is 10.3 Å². The van der Waals surface area contributed by atoms with E-state index >= 15 is 0 Å². The fourth-order valence-corrected chi connectivity index (χ4v) is 1.21. The zero-order valence-electron chi connectivity index (χ0n) is 9.67. The smallest absolute Gasteiger partial charge is 0.269 e. The first-order valence-electron chi connectivity index (χ1n) is 5.35. The second-order valence-corrected chi connectivity index (χ2v) is 3.71. The number of nitrogens with one attached hydrogen (secondary N) is 1. The number of aliphatic hydroxyl groups excluding tert-OH is 2. The normalized spacial score (nSPS) is 10.4. The van der Waals surface area contributed by atoms with Crippen LogP contribution < -0.4 is 11.1 Å². The highest BCUT2D eigenvalue weighted by Gasteiger charge is 2.12. The van der Waals surface area contributed by atoms with Gasteiger partial charge < -0.3 is 21.3 Å². The quantitative estimate of drug-likeness (QED) is 0.491. The Morgan fingerprint density at radius 3 is 2.44 bits per heavy atom. The largest absolute Gasteiger partial charge is 0.396 e. The zero-order valence-corrected chi connectivity index (χ0v) is 9.67. The standard InChI is InChI=1S/C11H15N3O4/c12-10(17)8-2-1-3-9(14-8)11(18)13-4-7(5-15)6-16/h1-3,7,15-16H,4-6H2,(H2,12,17)(H,13,18). The van der Waals surface area contributed by atoms with Gasteiger partial charge in [-0.25, -0.2) is 4.98 Å². The summed E-state index contributed by atoms with van der Waals surface area (Å²) in [5.74, 6) is -1.63. The number of aromatic nitrogens is 1. The maximum absolute atomic E-state index is 11.7. The summed E-state index contributed by atoms with van der Waals surface area (Å²) in [6, 6.07) is 4.34. The van der Waals surface area contributed by atoms with Crippen molar-refractivity contribution in [3.63, 3.8) is 0 Å². The summed E-state index contributed by atoms with van der Waals surface area (Å²) in [5.41, 5.74) is 5.11. The van der Waals surface area contributed by atoms with Crippen LogP contribution >= 0.6 is 0 Å². The Balaban J connectivity index is 2.67. The van der Waals surface area contributed by atoms with Gasteiger partial charge in [0, 0.05) is 25.7 Å². The van der Waals surface area contributed by atoms with E-state index in [1.807, 2.05) is 0 Å². The number of hydrogen-bond donors (Lipinski definition) is 4. The molecule has 1 aromatic rings. The van der Waals surface area contributed by atoms with Crippen LogP contribution in [0.1, 0.15) is 21.0 Å². The Morgan fingerprint density at radius 1 is 1.28 bits per heavy atom. The van der Waals surface area contributed by atoms with E-state index in [4.69, 9.17) is 15.9 Å². The van der Waals surface area contributed by atoms with Gasteiger partial charge in [-0.1, -0.05) is 6.07 Å². The van der Waals surface area contributed by atoms with Gasteiger partial charge in [-0.2, -0.15) is 0 Å². The lowest BCUT2D eigenvalue weighted by atomic mass is 10.2. The Hall–Kier alpha value is -1.99. The minimum Gasteiger partial charge on any atom is -0.396 e. The van der Waals surface area contributed by atoms with Crippen LogP contribution in [0.15, 0.2) is 18.2 Å². The van der Waals surface area contributed by atoms with Crippen LogP contribution in [0, 0.1) is 5.92 Å². The van der Waals surface area contributed by atoms with Crippen molar-refractivity contribution in [1.82, 2.24) is 10.3 Å². The molecule has 0 saturated carbocycles. The molecule has 0 aliphatic heterocycles. The summed E-state index contributed by atoms with van der Waals surface area (Å²) in [6.07, 6.45) is 0. The summed E-state index contributed by atoms with van der Waals surface area (Å²) in [4.78, 5) is 26.4. The lowest BCUT2D eigenvalue weighted by molar-refractivity contribution is 0.0917. The van der Waals surface area contributed by atoms with Crippen molar-refractivity contribution in [2.24, 2.45) is 11.7 Å². The lowest BCUT2D eigenvalue weighted by Crippen LogP contribution is -2.33. The van der Waals surface area contributed by atoms with Crippen LogP contribution in [-0.2, 0) is 0 Å². The number of pyridine rings is 1. The van der Waals surface area contributed by atoms with Crippen LogP contribution in [0.3, 0.4) is 0 Å². The Bertz CT molecular complexity index is 432. The monoisotopic (exact) mass is 253 g/mol. The molecule has 0 unspecified atom stereocenters. The van der Waals surface area contributed by atoms with E-state index < -0.39 is 17.7 Å². The van der Waals surface area contributed by atoms with E-state index in [-0.39, 0.29) is 31.1 Å². The molecule has 1 heterocycles. The summed E-state index contributed by atoms with van der Waals surface area (Å²) in [7, 11) is 0. The molecule has 0 bridgehead atoms. The molecule has 7 nitrogen and oxygen atoms in total. The number of amides is 2. The van der Waals surface area contributed by atoms with Crippen molar-refractivity contribution < 1.29 is 19.8 Å². The second kappa shape index (κ2) is 6.67. The predicted molar refractivity (Wildman–Crippen MR) is 62.7 cm³/mol. The highest BCUT2D eigenvalue weighted by Crippen LogP contribution is 1.99. The third kappa shape index (κ3) is 3.79. The highest BCUT2D eigenvalue weighted by molar-refractivity contribution is 5.95. The number of nitrogens with two attached hydrogens (primary N) is 1. The fourth-order valence-electron chi connectivity index (χ4n) is 1.21. The van der Waals surface area contributed by atoms with Gasteiger partial charge in [0.2, 0.25) is 0 Å². The van der Waals surface area contributed by atoms with E-state index in [9.17, 15) is 9.59 Å². The summed E-state index contributed by atoms with van der Waals surface area (Å²) < 4.78 is 0. The number of nitrogens with zero attached hydrogens (tertiary/aromatic N) is 1. The van der Waals surface area contributed by atoms with E-state index in [1.54, 1.807) is 0 Å². The molecule has 5 N–H and O–H groups in total. The van der Waals surface area contributed by atoms with Crippen LogP contribution in [0.2, 0.25) is 0 Å². The maximum atomic E-state index is 11.7. The van der Waals surface area contributed by atoms with Gasteiger partial charge in [0.05, 0.1) is 0 Å². The lowest BCUT2D eigenvalue weighted by Gasteiger charge is -2.11. The number of carbonyl (C=O) groups excluding carboxylic acids is 2. The zero-order chi connectivity index (χ0) is 13.5. The van der Waals surface area contributed by atoms with Crippen molar-refractivity contribution in [2.45, 2.75) is 0 Å². The molecule has 1 rings (SSSR count). The SMILES string of the molecule is NC(=O)c1cccc(C(=O)NCC(CO)CO)n1. The minimum atomic E-state index is -0.715. The Morgan fingerprint density at radius 2 is 1.89 bits per heavy atom. The van der Waals surface area contributed by atoms with Crippen LogP contribution in [0.5, 0.6) is 0 Å². The molecule has 0 saturated heterocycles. The summed E-state index contributed by atoms with van der Waals surface area (Å²) >= 11 is 0. The van der Waals surface area contributed by atoms with Gasteiger partial charge in [0.1, 0.15) is 11.4 Å². The number of aliphatic hydroxyl groups is 2. The van der Waals surface area contributed by atoms with Crippen LogP contribution in [-0.4, -0.2) is 46.8 Å². The van der Waals surface area contributed by atoms with Crippen LogP contribution in [0.25, 0.3) is 0 Å². The second-order valence-electron chi connectivity index (χ2n) is 3.71. The van der Waals surface area contributed by atoms with Gasteiger partial charge in [-0.05, 0) is 12.1 Å². The molecule has 18 heavy (non-hydrogen) atoms. The van der Waals surface area contributed by atoms with Crippen molar-refractivity contribution in [3.05, 3.63) is 29.6 Å². The minimum absolute atomic E-state index is 0.00326. The molecule has 0 spiro atoms. The first-order chi connectivity index (χ1) is 8.58. The van der Waals surface area contributed by atoms with Crippen molar-refractivity contribution in [2.75, 3.05) is 19.8 Å². The topological polar surface area (TPSA) is 126 Å². The molecular formula is C11H15N3O4. The predicted octanol–water partition coefficient (Wildman–Crippen LogP) is -1.49. The molecule has 0 radical (unpaired) electrons. The molecule has 0 aliphatic carbocycles. The Labute approximate surface area is 104 Å². The van der Waals surface area contributed by atoms with Gasteiger partial charge in [-0.3, -0.25) is 9.59 Å². The molecule has 0 aromatic carbocycles. The Kier molecular flexibility index (Phi) is 5.22. The van der Waals surface area contributed by atoms with E-state index in [0.29, 0.717) is 0 Å². The number of rotatable bonds is 6. The third-order valence-corrected chi connectivity index (χ3v) is 2.30. The van der Waals surface area contributed by atoms with Crippen molar-refractivity contribution >= 4 is 11.8 Å². The summed E-state index contributed by atoms with van der Waals surface area (Å²) in [5, 5.41) is 20.2. The first kappa shape index (κ1) is 14.1. The molecule has 0 aliphatic rings.